The van der Waals surface area contributed by atoms with Crippen molar-refractivity contribution in [2.45, 2.75) is 37.8 Å². The van der Waals surface area contributed by atoms with Gasteiger partial charge < -0.3 is 15.9 Å². The fourth-order valence-corrected chi connectivity index (χ4v) is 2.04. The van der Waals surface area contributed by atoms with Gasteiger partial charge in [-0.25, -0.2) is 0 Å². The molecule has 16 heavy (non-hydrogen) atoms. The second-order valence-electron chi connectivity index (χ2n) is 4.32. The molecule has 1 heterocycles. The summed E-state index contributed by atoms with van der Waals surface area (Å²) in [6.45, 7) is 2.44. The number of rotatable bonds is 5. The van der Waals surface area contributed by atoms with Crippen LogP contribution in [0.1, 0.15) is 26.2 Å². The highest BCUT2D eigenvalue weighted by Gasteiger charge is 2.44. The van der Waals surface area contributed by atoms with E-state index in [0.717, 1.165) is 6.42 Å². The first-order chi connectivity index (χ1) is 7.40. The highest BCUT2D eigenvalue weighted by Crippen LogP contribution is 2.23. The molecule has 2 atom stereocenters. The topological polar surface area (TPSA) is 104 Å². The number of hydrogen-bond acceptors (Lipinski definition) is 4. The summed E-state index contributed by atoms with van der Waals surface area (Å²) >= 11 is 0. The highest BCUT2D eigenvalue weighted by molar-refractivity contribution is 5.80. The van der Waals surface area contributed by atoms with E-state index in [9.17, 15) is 9.59 Å². The smallest absolute Gasteiger partial charge is 0.325 e. The van der Waals surface area contributed by atoms with Crippen molar-refractivity contribution in [2.75, 3.05) is 13.1 Å². The highest BCUT2D eigenvalue weighted by atomic mass is 16.4. The van der Waals surface area contributed by atoms with Crippen molar-refractivity contribution in [2.24, 2.45) is 5.73 Å². The van der Waals surface area contributed by atoms with Gasteiger partial charge in [-0.1, -0.05) is 13.3 Å². The molecular formula is C10H18N2O4. The fraction of sp³-hybridized carbons (Fsp3) is 0.800. The molecule has 6 nitrogen and oxygen atoms in total. The van der Waals surface area contributed by atoms with Crippen LogP contribution in [0.4, 0.5) is 0 Å². The number of carboxylic acids is 2. The number of aliphatic carboxylic acids is 2. The maximum atomic E-state index is 11.0. The monoisotopic (exact) mass is 230 g/mol. The van der Waals surface area contributed by atoms with Crippen LogP contribution >= 0.6 is 0 Å². The molecule has 0 radical (unpaired) electrons. The molecule has 0 bridgehead atoms. The molecule has 0 aromatic carbocycles. The summed E-state index contributed by atoms with van der Waals surface area (Å²) in [4.78, 5) is 23.6. The van der Waals surface area contributed by atoms with Gasteiger partial charge in [0.05, 0.1) is 0 Å². The van der Waals surface area contributed by atoms with Crippen LogP contribution in [0, 0.1) is 0 Å². The van der Waals surface area contributed by atoms with E-state index in [4.69, 9.17) is 15.9 Å². The minimum atomic E-state index is -1.29. The molecule has 0 aromatic rings. The summed E-state index contributed by atoms with van der Waals surface area (Å²) < 4.78 is 0. The molecule has 1 fully saturated rings. The van der Waals surface area contributed by atoms with Crippen LogP contribution in [0.15, 0.2) is 0 Å². The predicted molar refractivity (Wildman–Crippen MR) is 57.1 cm³/mol. The van der Waals surface area contributed by atoms with Crippen LogP contribution in [0.5, 0.6) is 0 Å². The first-order valence-corrected chi connectivity index (χ1v) is 5.40. The number of nitrogens with two attached hydrogens (primary N) is 1. The number of nitrogens with zero attached hydrogens (tertiary/aromatic N) is 1. The van der Waals surface area contributed by atoms with Gasteiger partial charge in [-0.3, -0.25) is 14.5 Å². The van der Waals surface area contributed by atoms with Gasteiger partial charge in [0.2, 0.25) is 0 Å². The van der Waals surface area contributed by atoms with Crippen LogP contribution in [-0.2, 0) is 9.59 Å². The summed E-state index contributed by atoms with van der Waals surface area (Å²) in [7, 11) is 0. The molecule has 1 aliphatic heterocycles. The Morgan fingerprint density at radius 2 is 2.12 bits per heavy atom. The Labute approximate surface area is 94.0 Å². The van der Waals surface area contributed by atoms with Crippen LogP contribution < -0.4 is 5.73 Å². The van der Waals surface area contributed by atoms with Crippen molar-refractivity contribution >= 4 is 11.9 Å². The van der Waals surface area contributed by atoms with E-state index in [1.165, 1.54) is 0 Å². The maximum Gasteiger partial charge on any atom is 0.325 e. The van der Waals surface area contributed by atoms with E-state index >= 15 is 0 Å². The zero-order valence-corrected chi connectivity index (χ0v) is 9.35. The molecule has 0 aliphatic carbocycles. The standard InChI is InChI=1S/C10H18N2O4/c1-2-3-7(8(13)14)12-5-4-10(11,6-12)9(15)16/h7H,2-6,11H2,1H3,(H,13,14)(H,15,16). The Hall–Kier alpha value is -1.14. The summed E-state index contributed by atoms with van der Waals surface area (Å²) in [5.41, 5.74) is 4.40. The molecule has 0 spiro atoms. The van der Waals surface area contributed by atoms with Gasteiger partial charge >= 0.3 is 11.9 Å². The largest absolute Gasteiger partial charge is 0.480 e. The van der Waals surface area contributed by atoms with E-state index in [0.29, 0.717) is 19.4 Å². The lowest BCUT2D eigenvalue weighted by molar-refractivity contribution is -0.146. The van der Waals surface area contributed by atoms with Crippen molar-refractivity contribution in [3.8, 4) is 0 Å². The Kier molecular flexibility index (Phi) is 3.88. The van der Waals surface area contributed by atoms with Crippen LogP contribution in [0.3, 0.4) is 0 Å². The predicted octanol–water partition coefficient (Wildman–Crippen LogP) is -0.272. The van der Waals surface area contributed by atoms with Gasteiger partial charge in [-0.15, -0.1) is 0 Å². The van der Waals surface area contributed by atoms with Gasteiger partial charge in [-0.2, -0.15) is 0 Å². The number of hydrogen-bond donors (Lipinski definition) is 3. The lowest BCUT2D eigenvalue weighted by Crippen LogP contribution is -2.52. The summed E-state index contributed by atoms with van der Waals surface area (Å²) in [5.74, 6) is -1.97. The van der Waals surface area contributed by atoms with Crippen LogP contribution in [0.25, 0.3) is 0 Å². The molecule has 0 aromatic heterocycles. The summed E-state index contributed by atoms with van der Waals surface area (Å²) in [6.07, 6.45) is 1.57. The quantitative estimate of drug-likeness (QED) is 0.600. The Morgan fingerprint density at radius 1 is 1.50 bits per heavy atom. The van der Waals surface area contributed by atoms with Crippen molar-refractivity contribution in [3.63, 3.8) is 0 Å². The minimum Gasteiger partial charge on any atom is -0.480 e. The average molecular weight is 230 g/mol. The van der Waals surface area contributed by atoms with Crippen LogP contribution in [0.2, 0.25) is 0 Å². The average Bonchev–Trinajstić information content (AvgIpc) is 2.58. The van der Waals surface area contributed by atoms with E-state index in [-0.39, 0.29) is 6.54 Å². The molecule has 0 saturated carbocycles. The van der Waals surface area contributed by atoms with E-state index in [2.05, 4.69) is 0 Å². The van der Waals surface area contributed by atoms with Crippen molar-refractivity contribution in [1.29, 1.82) is 0 Å². The lowest BCUT2D eigenvalue weighted by atomic mass is 10.0. The number of carbonyl (C=O) groups is 2. The van der Waals surface area contributed by atoms with Crippen molar-refractivity contribution in [1.82, 2.24) is 4.90 Å². The Bertz CT molecular complexity index is 295. The lowest BCUT2D eigenvalue weighted by Gasteiger charge is -2.25. The molecular weight excluding hydrogens is 212 g/mol. The Morgan fingerprint density at radius 3 is 2.50 bits per heavy atom. The molecule has 4 N–H and O–H groups in total. The fourth-order valence-electron chi connectivity index (χ4n) is 2.04. The van der Waals surface area contributed by atoms with Crippen LogP contribution in [-0.4, -0.2) is 51.7 Å². The summed E-state index contributed by atoms with van der Waals surface area (Å²) in [5, 5.41) is 18.0. The first-order valence-electron chi connectivity index (χ1n) is 5.40. The van der Waals surface area contributed by atoms with E-state index < -0.39 is 23.5 Å². The molecule has 0 amide bonds. The number of carboxylic acid groups (broad SMARTS) is 2. The zero-order chi connectivity index (χ0) is 12.3. The third kappa shape index (κ3) is 2.51. The van der Waals surface area contributed by atoms with Gasteiger partial charge in [-0.05, 0) is 12.8 Å². The number of likely N-dealkylation sites (tertiary alicyclic amines) is 1. The van der Waals surface area contributed by atoms with E-state index in [1.54, 1.807) is 4.90 Å². The normalized spacial score (nSPS) is 27.9. The van der Waals surface area contributed by atoms with Gasteiger partial charge in [0, 0.05) is 13.1 Å². The van der Waals surface area contributed by atoms with E-state index in [1.807, 2.05) is 6.92 Å². The molecule has 1 saturated heterocycles. The van der Waals surface area contributed by atoms with Crippen molar-refractivity contribution in [3.05, 3.63) is 0 Å². The zero-order valence-electron chi connectivity index (χ0n) is 9.35. The molecule has 92 valence electrons. The molecule has 1 rings (SSSR count). The van der Waals surface area contributed by atoms with Gasteiger partial charge in [0.15, 0.2) is 0 Å². The van der Waals surface area contributed by atoms with Gasteiger partial charge in [0.25, 0.3) is 0 Å². The third-order valence-electron chi connectivity index (χ3n) is 3.04. The second-order valence-corrected chi connectivity index (χ2v) is 4.32. The maximum absolute atomic E-state index is 11.0. The second kappa shape index (κ2) is 4.80. The van der Waals surface area contributed by atoms with Gasteiger partial charge in [0.1, 0.15) is 11.6 Å². The Balaban J connectivity index is 2.70. The molecule has 1 aliphatic rings. The summed E-state index contributed by atoms with van der Waals surface area (Å²) in [6, 6.07) is -0.616. The third-order valence-corrected chi connectivity index (χ3v) is 3.04. The molecule has 2 unspecified atom stereocenters. The first kappa shape index (κ1) is 12.9. The minimum absolute atomic E-state index is 0.110. The van der Waals surface area contributed by atoms with Crippen molar-refractivity contribution < 1.29 is 19.8 Å². The SMILES string of the molecule is CCCC(C(=O)O)N1CCC(N)(C(=O)O)C1. The molecule has 6 heteroatoms.